The van der Waals surface area contributed by atoms with Gasteiger partial charge in [0.2, 0.25) is 11.7 Å². The van der Waals surface area contributed by atoms with Crippen LogP contribution in [0.5, 0.6) is 0 Å². The third-order valence-electron chi connectivity index (χ3n) is 2.57. The van der Waals surface area contributed by atoms with Crippen molar-refractivity contribution in [3.8, 4) is 11.4 Å². The molecule has 3 aromatic rings. The number of nitrogens with zero attached hydrogens (tertiary/aromatic N) is 3. The Hall–Kier alpha value is -2.61. The maximum Gasteiger partial charge on any atom is 0.253 e. The van der Waals surface area contributed by atoms with Gasteiger partial charge in [-0.25, -0.2) is 4.98 Å². The van der Waals surface area contributed by atoms with Gasteiger partial charge in [-0.3, -0.25) is 4.79 Å². The molecule has 1 aromatic carbocycles. The lowest BCUT2D eigenvalue weighted by atomic mass is 10.2. The highest BCUT2D eigenvalue weighted by molar-refractivity contribution is 7.98. The molecule has 2 heterocycles. The van der Waals surface area contributed by atoms with Gasteiger partial charge in [0, 0.05) is 11.6 Å². The minimum absolute atomic E-state index is 0.178. The van der Waals surface area contributed by atoms with Crippen molar-refractivity contribution in [3.05, 3.63) is 52.6 Å². The zero-order valence-corrected chi connectivity index (χ0v) is 11.6. The van der Waals surface area contributed by atoms with Gasteiger partial charge in [-0.2, -0.15) is 4.98 Å². The van der Waals surface area contributed by atoms with Gasteiger partial charge in [0.15, 0.2) is 5.16 Å². The largest absolute Gasteiger partial charge is 0.383 e. The number of H-pyrrole nitrogens is 1. The molecule has 0 aliphatic heterocycles. The van der Waals surface area contributed by atoms with Crippen LogP contribution >= 0.6 is 11.8 Å². The van der Waals surface area contributed by atoms with Crippen LogP contribution in [0.25, 0.3) is 11.4 Å². The molecule has 21 heavy (non-hydrogen) atoms. The van der Waals surface area contributed by atoms with Gasteiger partial charge < -0.3 is 15.2 Å². The Kier molecular flexibility index (Phi) is 3.69. The predicted octanol–water partition coefficient (Wildman–Crippen LogP) is 1.69. The van der Waals surface area contributed by atoms with Crippen LogP contribution in [0.15, 0.2) is 50.9 Å². The minimum atomic E-state index is -0.291. The van der Waals surface area contributed by atoms with Gasteiger partial charge in [0.05, 0.1) is 5.75 Å². The first kappa shape index (κ1) is 13.4. The monoisotopic (exact) mass is 301 g/mol. The molecule has 0 atom stereocenters. The first-order valence-electron chi connectivity index (χ1n) is 6.08. The van der Waals surface area contributed by atoms with Gasteiger partial charge in [-0.05, 0) is 0 Å². The summed E-state index contributed by atoms with van der Waals surface area (Å²) in [5.41, 5.74) is 6.10. The smallest absolute Gasteiger partial charge is 0.253 e. The van der Waals surface area contributed by atoms with E-state index in [9.17, 15) is 4.79 Å². The van der Waals surface area contributed by atoms with Crippen molar-refractivity contribution in [2.45, 2.75) is 10.9 Å². The summed E-state index contributed by atoms with van der Waals surface area (Å²) in [6.45, 7) is 0. The van der Waals surface area contributed by atoms with Crippen LogP contribution in [0.2, 0.25) is 0 Å². The molecule has 0 amide bonds. The van der Waals surface area contributed by atoms with E-state index < -0.39 is 0 Å². The first-order chi connectivity index (χ1) is 10.2. The van der Waals surface area contributed by atoms with E-state index in [-0.39, 0.29) is 11.4 Å². The topological polar surface area (TPSA) is 111 Å². The fourth-order valence-corrected chi connectivity index (χ4v) is 2.39. The van der Waals surface area contributed by atoms with Gasteiger partial charge in [-0.15, -0.1) is 0 Å². The lowest BCUT2D eigenvalue weighted by Gasteiger charge is -1.98. The molecule has 0 aliphatic carbocycles. The SMILES string of the molecule is Nc1cc(=O)[nH]c(SCc2nc(-c3ccccc3)no2)n1. The highest BCUT2D eigenvalue weighted by Crippen LogP contribution is 2.20. The molecule has 0 spiro atoms. The molecular formula is C13H11N5O2S. The molecule has 8 heteroatoms. The molecule has 0 fully saturated rings. The highest BCUT2D eigenvalue weighted by Gasteiger charge is 2.09. The molecule has 3 rings (SSSR count). The molecule has 2 aromatic heterocycles. The molecule has 0 unspecified atom stereocenters. The van der Waals surface area contributed by atoms with E-state index in [2.05, 4.69) is 20.1 Å². The summed E-state index contributed by atoms with van der Waals surface area (Å²) in [6.07, 6.45) is 0. The fourth-order valence-electron chi connectivity index (χ4n) is 1.67. The van der Waals surface area contributed by atoms with Crippen molar-refractivity contribution in [3.63, 3.8) is 0 Å². The van der Waals surface area contributed by atoms with E-state index in [1.807, 2.05) is 30.3 Å². The summed E-state index contributed by atoms with van der Waals surface area (Å²) in [5.74, 6) is 1.55. The molecule has 0 aliphatic rings. The highest BCUT2D eigenvalue weighted by atomic mass is 32.2. The zero-order chi connectivity index (χ0) is 14.7. The third kappa shape index (κ3) is 3.29. The lowest BCUT2D eigenvalue weighted by molar-refractivity contribution is 0.391. The van der Waals surface area contributed by atoms with E-state index in [4.69, 9.17) is 10.3 Å². The van der Waals surface area contributed by atoms with Crippen LogP contribution in [0.4, 0.5) is 5.82 Å². The summed E-state index contributed by atoms with van der Waals surface area (Å²) in [7, 11) is 0. The van der Waals surface area contributed by atoms with Crippen LogP contribution in [-0.4, -0.2) is 20.1 Å². The molecule has 0 radical (unpaired) electrons. The molecule has 7 nitrogen and oxygen atoms in total. The van der Waals surface area contributed by atoms with Crippen molar-refractivity contribution in [2.75, 3.05) is 5.73 Å². The number of nitrogen functional groups attached to an aromatic ring is 1. The number of aromatic amines is 1. The number of nitrogens with one attached hydrogen (secondary N) is 1. The first-order valence-corrected chi connectivity index (χ1v) is 7.07. The van der Waals surface area contributed by atoms with Crippen molar-refractivity contribution < 1.29 is 4.52 Å². The number of anilines is 1. The quantitative estimate of drug-likeness (QED) is 0.557. The number of nitrogens with two attached hydrogens (primary N) is 1. The number of thioether (sulfide) groups is 1. The van der Waals surface area contributed by atoms with Gasteiger partial charge in [0.1, 0.15) is 5.82 Å². The van der Waals surface area contributed by atoms with E-state index in [0.29, 0.717) is 22.6 Å². The second kappa shape index (κ2) is 5.80. The average Bonchev–Trinajstić information content (AvgIpc) is 2.94. The fraction of sp³-hybridized carbons (Fsp3) is 0.0769. The maximum absolute atomic E-state index is 11.3. The Morgan fingerprint density at radius 1 is 1.24 bits per heavy atom. The summed E-state index contributed by atoms with van der Waals surface area (Å²) in [6, 6.07) is 10.8. The molecule has 106 valence electrons. The average molecular weight is 301 g/mol. The summed E-state index contributed by atoms with van der Waals surface area (Å²) >= 11 is 1.27. The maximum atomic E-state index is 11.3. The normalized spacial score (nSPS) is 10.7. The molecule has 3 N–H and O–H groups in total. The van der Waals surface area contributed by atoms with Crippen molar-refractivity contribution >= 4 is 17.6 Å². The van der Waals surface area contributed by atoms with Gasteiger partial charge in [0.25, 0.3) is 5.56 Å². The number of hydrogen-bond acceptors (Lipinski definition) is 7. The van der Waals surface area contributed by atoms with Crippen molar-refractivity contribution in [1.29, 1.82) is 0 Å². The van der Waals surface area contributed by atoms with Crippen LogP contribution in [0, 0.1) is 0 Å². The Morgan fingerprint density at radius 3 is 2.81 bits per heavy atom. The standard InChI is InChI=1S/C13H11N5O2S/c14-9-6-10(19)16-13(15-9)21-7-11-17-12(18-20-11)8-4-2-1-3-5-8/h1-6H,7H2,(H3,14,15,16,19). The molecule has 0 saturated carbocycles. The Morgan fingerprint density at radius 2 is 2.05 bits per heavy atom. The lowest BCUT2D eigenvalue weighted by Crippen LogP contribution is -2.09. The number of rotatable bonds is 4. The Bertz CT molecular complexity index is 800. The second-order valence-corrected chi connectivity index (χ2v) is 5.11. The van der Waals surface area contributed by atoms with Crippen molar-refractivity contribution in [2.24, 2.45) is 0 Å². The minimum Gasteiger partial charge on any atom is -0.383 e. The van der Waals surface area contributed by atoms with E-state index in [0.717, 1.165) is 5.56 Å². The van der Waals surface area contributed by atoms with E-state index >= 15 is 0 Å². The van der Waals surface area contributed by atoms with Crippen LogP contribution in [0.3, 0.4) is 0 Å². The van der Waals surface area contributed by atoms with Crippen molar-refractivity contribution in [1.82, 2.24) is 20.1 Å². The zero-order valence-electron chi connectivity index (χ0n) is 10.8. The van der Waals surface area contributed by atoms with Crippen LogP contribution in [-0.2, 0) is 5.75 Å². The van der Waals surface area contributed by atoms with E-state index in [1.165, 1.54) is 17.8 Å². The van der Waals surface area contributed by atoms with Gasteiger partial charge >= 0.3 is 0 Å². The number of hydrogen-bond donors (Lipinski definition) is 2. The predicted molar refractivity (Wildman–Crippen MR) is 78.6 cm³/mol. The summed E-state index contributed by atoms with van der Waals surface area (Å²) in [4.78, 5) is 22.2. The van der Waals surface area contributed by atoms with E-state index in [1.54, 1.807) is 0 Å². The molecular weight excluding hydrogens is 290 g/mol. The Labute approximate surface area is 123 Å². The summed E-state index contributed by atoms with van der Waals surface area (Å²) in [5, 5.41) is 4.33. The number of aromatic nitrogens is 4. The Balaban J connectivity index is 1.72. The van der Waals surface area contributed by atoms with Crippen LogP contribution < -0.4 is 11.3 Å². The summed E-state index contributed by atoms with van der Waals surface area (Å²) < 4.78 is 5.17. The molecule has 0 bridgehead atoms. The second-order valence-electron chi connectivity index (χ2n) is 4.14. The third-order valence-corrected chi connectivity index (χ3v) is 3.43. The number of benzene rings is 1. The van der Waals surface area contributed by atoms with Gasteiger partial charge in [-0.1, -0.05) is 47.3 Å². The molecule has 0 saturated heterocycles. The van der Waals surface area contributed by atoms with Crippen LogP contribution in [0.1, 0.15) is 5.89 Å².